The third-order valence-corrected chi connectivity index (χ3v) is 0.947. The Morgan fingerprint density at radius 2 is 2.71 bits per heavy atom. The van der Waals surface area contributed by atoms with Crippen LogP contribution in [0, 0.1) is 0 Å². The largest absolute Gasteiger partial charge is 0.316 e. The van der Waals surface area contributed by atoms with Crippen LogP contribution in [0.2, 0.25) is 0 Å². The predicted octanol–water partition coefficient (Wildman–Crippen LogP) is 0.450. The molecule has 0 saturated carbocycles. The van der Waals surface area contributed by atoms with Gasteiger partial charge in [0.15, 0.2) is 0 Å². The third-order valence-electron chi connectivity index (χ3n) is 0.947. The second-order valence-corrected chi connectivity index (χ2v) is 1.49. The molecule has 0 aromatic carbocycles. The minimum absolute atomic E-state index is 0.566. The highest BCUT2D eigenvalue weighted by atomic mass is 16.5. The summed E-state index contributed by atoms with van der Waals surface area (Å²) in [6, 6.07) is 0. The maximum absolute atomic E-state index is 8.08. The van der Waals surface area contributed by atoms with Crippen LogP contribution >= 0.6 is 0 Å². The molecule has 0 radical (unpaired) electrons. The summed E-state index contributed by atoms with van der Waals surface area (Å²) in [6.07, 6.45) is 2.92. The lowest BCUT2D eigenvalue weighted by molar-refractivity contribution is 0.176. The van der Waals surface area contributed by atoms with E-state index in [0.717, 1.165) is 12.0 Å². The summed E-state index contributed by atoms with van der Waals surface area (Å²) in [7, 11) is 0. The molecule has 0 saturated heterocycles. The second-order valence-electron chi connectivity index (χ2n) is 1.49. The van der Waals surface area contributed by atoms with Gasteiger partial charge in [-0.15, -0.1) is 5.73 Å². The predicted molar refractivity (Wildman–Crippen MR) is 26.0 cm³/mol. The second kappa shape index (κ2) is 1.94. The molecule has 0 unspecified atom stereocenters. The number of hydrogen-bond acceptors (Lipinski definition) is 2. The molecule has 0 bridgehead atoms. The third kappa shape index (κ3) is 0.904. The first kappa shape index (κ1) is 4.60. The topological polar surface area (TPSA) is 32.3 Å². The molecule has 0 aliphatic heterocycles. The van der Waals surface area contributed by atoms with Crippen LogP contribution in [0.25, 0.3) is 0 Å². The van der Waals surface area contributed by atoms with Crippen LogP contribution < -0.4 is 5.48 Å². The molecule has 7 heavy (non-hydrogen) atoms. The molecule has 1 rings (SSSR count). The molecule has 0 heterocycles. The van der Waals surface area contributed by atoms with Crippen molar-refractivity contribution in [3.63, 3.8) is 0 Å². The molecule has 0 aromatic heterocycles. The molecular formula is C5H7NO. The van der Waals surface area contributed by atoms with E-state index in [1.54, 1.807) is 0 Å². The Balaban J connectivity index is 2.28. The average molecular weight is 97.1 g/mol. The van der Waals surface area contributed by atoms with Crippen molar-refractivity contribution < 1.29 is 5.21 Å². The Bertz CT molecular complexity index is 122. The first-order valence-electron chi connectivity index (χ1n) is 2.23. The Morgan fingerprint density at radius 3 is 2.86 bits per heavy atom. The Labute approximate surface area is 42.1 Å². The standard InChI is InChI=1S/C5H7NO/c7-6-4-5-2-1-3-5/h1,6-7H,2,4H2. The van der Waals surface area contributed by atoms with Crippen molar-refractivity contribution in [2.24, 2.45) is 0 Å². The van der Waals surface area contributed by atoms with Gasteiger partial charge in [0.2, 0.25) is 0 Å². The van der Waals surface area contributed by atoms with Crippen LogP contribution in [0.3, 0.4) is 0 Å². The van der Waals surface area contributed by atoms with Crippen molar-refractivity contribution in [2.45, 2.75) is 6.42 Å². The van der Waals surface area contributed by atoms with Crippen LogP contribution in [0.4, 0.5) is 0 Å². The number of hydrogen-bond donors (Lipinski definition) is 2. The highest BCUT2D eigenvalue weighted by Gasteiger charge is 1.96. The van der Waals surface area contributed by atoms with Crippen LogP contribution in [-0.4, -0.2) is 11.8 Å². The maximum Gasteiger partial charge on any atom is 0.0495 e. The minimum atomic E-state index is 0.566. The number of rotatable bonds is 2. The molecule has 0 amide bonds. The van der Waals surface area contributed by atoms with E-state index < -0.39 is 0 Å². The monoisotopic (exact) mass is 97.1 g/mol. The first-order valence-corrected chi connectivity index (χ1v) is 2.23. The molecular weight excluding hydrogens is 90.1 g/mol. The normalized spacial score (nSPS) is 15.9. The Kier molecular flexibility index (Phi) is 1.27. The van der Waals surface area contributed by atoms with Crippen LogP contribution in [-0.2, 0) is 0 Å². The summed E-state index contributed by atoms with van der Waals surface area (Å²) in [6.45, 7) is 0.566. The van der Waals surface area contributed by atoms with E-state index in [1.165, 1.54) is 0 Å². The fourth-order valence-electron chi connectivity index (χ4n) is 0.465. The fourth-order valence-corrected chi connectivity index (χ4v) is 0.465. The lowest BCUT2D eigenvalue weighted by atomic mass is 10.1. The lowest BCUT2D eigenvalue weighted by Gasteiger charge is -2.02. The van der Waals surface area contributed by atoms with Crippen molar-refractivity contribution >= 4 is 0 Å². The van der Waals surface area contributed by atoms with Crippen molar-refractivity contribution in [3.05, 3.63) is 17.4 Å². The quantitative estimate of drug-likeness (QED) is 0.387. The minimum Gasteiger partial charge on any atom is -0.316 e. The zero-order valence-electron chi connectivity index (χ0n) is 3.94. The highest BCUT2D eigenvalue weighted by molar-refractivity contribution is 5.16. The molecule has 0 aromatic rings. The van der Waals surface area contributed by atoms with E-state index in [0.29, 0.717) is 6.54 Å². The first-order chi connectivity index (χ1) is 3.43. The summed E-state index contributed by atoms with van der Waals surface area (Å²) in [4.78, 5) is 0. The molecule has 2 heteroatoms. The molecule has 1 aliphatic carbocycles. The molecule has 38 valence electrons. The van der Waals surface area contributed by atoms with Gasteiger partial charge in [-0.25, -0.2) is 5.48 Å². The van der Waals surface area contributed by atoms with Crippen molar-refractivity contribution in [1.82, 2.24) is 5.48 Å². The van der Waals surface area contributed by atoms with Gasteiger partial charge in [-0.1, -0.05) is 0 Å². The van der Waals surface area contributed by atoms with Crippen LogP contribution in [0.15, 0.2) is 17.4 Å². The highest BCUT2D eigenvalue weighted by Crippen LogP contribution is 2.05. The smallest absolute Gasteiger partial charge is 0.0495 e. The fraction of sp³-hybridized carbons (Fsp3) is 0.400. The molecule has 0 fully saturated rings. The zero-order chi connectivity index (χ0) is 5.11. The van der Waals surface area contributed by atoms with Crippen molar-refractivity contribution in [1.29, 1.82) is 0 Å². The van der Waals surface area contributed by atoms with Gasteiger partial charge >= 0.3 is 0 Å². The van der Waals surface area contributed by atoms with E-state index in [9.17, 15) is 0 Å². The van der Waals surface area contributed by atoms with Crippen LogP contribution in [0.5, 0.6) is 0 Å². The Morgan fingerprint density at radius 1 is 2.00 bits per heavy atom. The summed E-state index contributed by atoms with van der Waals surface area (Å²) in [5, 5.41) is 8.08. The average Bonchev–Trinajstić information content (AvgIpc) is 1.55. The number of nitrogens with one attached hydrogen (secondary N) is 1. The molecule has 0 atom stereocenters. The summed E-state index contributed by atoms with van der Waals surface area (Å²) >= 11 is 0. The summed E-state index contributed by atoms with van der Waals surface area (Å²) < 4.78 is 0. The van der Waals surface area contributed by atoms with Gasteiger partial charge in [0.1, 0.15) is 0 Å². The van der Waals surface area contributed by atoms with Gasteiger partial charge in [-0.3, -0.25) is 0 Å². The van der Waals surface area contributed by atoms with Gasteiger partial charge < -0.3 is 5.21 Å². The molecule has 1 aliphatic rings. The van der Waals surface area contributed by atoms with E-state index >= 15 is 0 Å². The van der Waals surface area contributed by atoms with Gasteiger partial charge in [-0.05, 0) is 11.6 Å². The van der Waals surface area contributed by atoms with Gasteiger partial charge in [0, 0.05) is 13.0 Å². The van der Waals surface area contributed by atoms with Gasteiger partial charge in [0.05, 0.1) is 0 Å². The van der Waals surface area contributed by atoms with E-state index in [2.05, 4.69) is 11.2 Å². The molecule has 2 nitrogen and oxygen atoms in total. The van der Waals surface area contributed by atoms with Crippen LogP contribution in [0.1, 0.15) is 6.42 Å². The lowest BCUT2D eigenvalue weighted by Crippen LogP contribution is -2.12. The van der Waals surface area contributed by atoms with Crippen molar-refractivity contribution in [2.75, 3.05) is 6.54 Å². The van der Waals surface area contributed by atoms with Gasteiger partial charge in [-0.2, -0.15) is 0 Å². The van der Waals surface area contributed by atoms with Gasteiger partial charge in [0.25, 0.3) is 0 Å². The molecule has 2 N–H and O–H groups in total. The SMILES string of the molecule is ONCC1=C=CC1. The summed E-state index contributed by atoms with van der Waals surface area (Å²) in [5.41, 5.74) is 6.11. The zero-order valence-corrected chi connectivity index (χ0v) is 3.94. The van der Waals surface area contributed by atoms with E-state index in [-0.39, 0.29) is 0 Å². The maximum atomic E-state index is 8.08. The van der Waals surface area contributed by atoms with E-state index in [1.807, 2.05) is 6.08 Å². The Hall–Kier alpha value is -0.560. The molecule has 0 spiro atoms. The summed E-state index contributed by atoms with van der Waals surface area (Å²) in [5.74, 6) is 0. The van der Waals surface area contributed by atoms with Crippen molar-refractivity contribution in [3.8, 4) is 0 Å². The number of hydroxylamine groups is 1. The van der Waals surface area contributed by atoms with E-state index in [4.69, 9.17) is 5.21 Å².